The molecule has 1 unspecified atom stereocenters. The van der Waals surface area contributed by atoms with Crippen LogP contribution < -0.4 is 5.32 Å². The first-order chi connectivity index (χ1) is 8.58. The highest BCUT2D eigenvalue weighted by molar-refractivity contribution is 4.81. The molecule has 0 aliphatic rings. The fraction of sp³-hybridized carbons (Fsp3) is 1.00. The van der Waals surface area contributed by atoms with Gasteiger partial charge in [-0.25, -0.2) is 0 Å². The normalized spacial score (nSPS) is 13.8. The molecule has 1 heteroatoms. The summed E-state index contributed by atoms with van der Waals surface area (Å²) >= 11 is 0. The van der Waals surface area contributed by atoms with E-state index in [4.69, 9.17) is 0 Å². The van der Waals surface area contributed by atoms with E-state index < -0.39 is 0 Å². The molecule has 0 aromatic rings. The van der Waals surface area contributed by atoms with Gasteiger partial charge in [-0.15, -0.1) is 0 Å². The van der Waals surface area contributed by atoms with Gasteiger partial charge in [-0.05, 0) is 25.3 Å². The lowest BCUT2D eigenvalue weighted by molar-refractivity contribution is 0.226. The van der Waals surface area contributed by atoms with Crippen molar-refractivity contribution in [2.24, 2.45) is 5.41 Å². The van der Waals surface area contributed by atoms with Crippen LogP contribution in [0, 0.1) is 5.41 Å². The fourth-order valence-corrected chi connectivity index (χ4v) is 2.65. The summed E-state index contributed by atoms with van der Waals surface area (Å²) in [6, 6.07) is 0.683. The maximum Gasteiger partial charge on any atom is 0.0115 e. The molecule has 0 radical (unpaired) electrons. The van der Waals surface area contributed by atoms with Crippen LogP contribution >= 0.6 is 0 Å². The van der Waals surface area contributed by atoms with Gasteiger partial charge in [0.25, 0.3) is 0 Å². The Balaban J connectivity index is 3.52. The Bertz CT molecular complexity index is 174. The van der Waals surface area contributed by atoms with Gasteiger partial charge in [0.05, 0.1) is 0 Å². The molecule has 0 spiro atoms. The summed E-state index contributed by atoms with van der Waals surface area (Å²) in [5.41, 5.74) is 0.440. The monoisotopic (exact) mass is 255 g/mol. The molecule has 0 aliphatic carbocycles. The van der Waals surface area contributed by atoms with Crippen molar-refractivity contribution in [3.63, 3.8) is 0 Å². The Morgan fingerprint density at radius 3 is 1.78 bits per heavy atom. The van der Waals surface area contributed by atoms with Crippen LogP contribution in [0.4, 0.5) is 0 Å². The van der Waals surface area contributed by atoms with Crippen molar-refractivity contribution in [3.05, 3.63) is 0 Å². The summed E-state index contributed by atoms with van der Waals surface area (Å²) in [4.78, 5) is 0. The molecule has 1 nitrogen and oxygen atoms in total. The van der Waals surface area contributed by atoms with Gasteiger partial charge in [-0.1, -0.05) is 79.1 Å². The van der Waals surface area contributed by atoms with Gasteiger partial charge in [0.15, 0.2) is 0 Å². The van der Waals surface area contributed by atoms with Gasteiger partial charge in [0.1, 0.15) is 0 Å². The van der Waals surface area contributed by atoms with Crippen LogP contribution in [0.2, 0.25) is 0 Å². The van der Waals surface area contributed by atoms with E-state index in [0.717, 1.165) is 0 Å². The van der Waals surface area contributed by atoms with Crippen LogP contribution in [0.3, 0.4) is 0 Å². The molecule has 110 valence electrons. The Morgan fingerprint density at radius 2 is 1.33 bits per heavy atom. The van der Waals surface area contributed by atoms with Gasteiger partial charge in [-0.3, -0.25) is 0 Å². The smallest absolute Gasteiger partial charge is 0.0115 e. The van der Waals surface area contributed by atoms with E-state index in [1.807, 2.05) is 0 Å². The van der Waals surface area contributed by atoms with Gasteiger partial charge in [0.2, 0.25) is 0 Å². The largest absolute Gasteiger partial charge is 0.316 e. The Labute approximate surface area is 116 Å². The summed E-state index contributed by atoms with van der Waals surface area (Å²) in [6.07, 6.45) is 14.0. The van der Waals surface area contributed by atoms with E-state index in [0.29, 0.717) is 11.5 Å². The van der Waals surface area contributed by atoms with Crippen LogP contribution in [0.25, 0.3) is 0 Å². The van der Waals surface area contributed by atoms with Gasteiger partial charge >= 0.3 is 0 Å². The number of unbranched alkanes of at least 4 members (excludes halogenated alkanes) is 7. The SMILES string of the molecule is CCCCCCCCCCC(NC)C(C)(C)CC. The van der Waals surface area contributed by atoms with E-state index in [1.165, 1.54) is 64.2 Å². The van der Waals surface area contributed by atoms with Crippen LogP contribution in [-0.4, -0.2) is 13.1 Å². The molecule has 1 N–H and O–H groups in total. The van der Waals surface area contributed by atoms with Crippen molar-refractivity contribution in [3.8, 4) is 0 Å². The van der Waals surface area contributed by atoms with E-state index in [2.05, 4.69) is 40.1 Å². The highest BCUT2D eigenvalue weighted by atomic mass is 14.9. The average Bonchev–Trinajstić information content (AvgIpc) is 2.36. The molecule has 0 bridgehead atoms. The van der Waals surface area contributed by atoms with Gasteiger partial charge in [0, 0.05) is 6.04 Å². The second-order valence-corrected chi connectivity index (χ2v) is 6.45. The lowest BCUT2D eigenvalue weighted by Gasteiger charge is -2.33. The highest BCUT2D eigenvalue weighted by Gasteiger charge is 2.25. The summed E-state index contributed by atoms with van der Waals surface area (Å²) in [6.45, 7) is 9.36. The molecule has 0 saturated carbocycles. The molecule has 0 heterocycles. The maximum absolute atomic E-state index is 3.51. The molecule has 0 aromatic carbocycles. The van der Waals surface area contributed by atoms with E-state index in [1.54, 1.807) is 0 Å². The van der Waals surface area contributed by atoms with Crippen LogP contribution in [-0.2, 0) is 0 Å². The van der Waals surface area contributed by atoms with Gasteiger partial charge in [-0.2, -0.15) is 0 Å². The zero-order valence-electron chi connectivity index (χ0n) is 13.6. The zero-order valence-corrected chi connectivity index (χ0v) is 13.6. The van der Waals surface area contributed by atoms with Crippen molar-refractivity contribution in [2.75, 3.05) is 7.05 Å². The van der Waals surface area contributed by atoms with Crippen molar-refractivity contribution < 1.29 is 0 Å². The summed E-state index contributed by atoms with van der Waals surface area (Å²) in [5, 5.41) is 3.51. The molecule has 18 heavy (non-hydrogen) atoms. The molecule has 1 atom stereocenters. The topological polar surface area (TPSA) is 12.0 Å². The first kappa shape index (κ1) is 18.0. The van der Waals surface area contributed by atoms with E-state index in [-0.39, 0.29) is 0 Å². The molecule has 0 rings (SSSR count). The molecule has 0 amide bonds. The van der Waals surface area contributed by atoms with E-state index >= 15 is 0 Å². The third-order valence-corrected chi connectivity index (χ3v) is 4.55. The molecule has 0 aliphatic heterocycles. The van der Waals surface area contributed by atoms with Gasteiger partial charge < -0.3 is 5.32 Å². The summed E-state index contributed by atoms with van der Waals surface area (Å²) in [7, 11) is 2.12. The van der Waals surface area contributed by atoms with E-state index in [9.17, 15) is 0 Å². The first-order valence-electron chi connectivity index (χ1n) is 8.25. The second-order valence-electron chi connectivity index (χ2n) is 6.45. The third kappa shape index (κ3) is 8.13. The minimum absolute atomic E-state index is 0.440. The van der Waals surface area contributed by atoms with Crippen molar-refractivity contribution in [2.45, 2.75) is 97.9 Å². The Kier molecular flexibility index (Phi) is 10.8. The van der Waals surface area contributed by atoms with Crippen LogP contribution in [0.15, 0.2) is 0 Å². The number of rotatable bonds is 12. The number of hydrogen-bond donors (Lipinski definition) is 1. The quantitative estimate of drug-likeness (QED) is 0.451. The lowest BCUT2D eigenvalue weighted by Crippen LogP contribution is -2.39. The predicted octanol–water partition coefficient (Wildman–Crippen LogP) is 5.54. The minimum atomic E-state index is 0.440. The Morgan fingerprint density at radius 1 is 0.833 bits per heavy atom. The number of nitrogens with one attached hydrogen (secondary N) is 1. The summed E-state index contributed by atoms with van der Waals surface area (Å²) in [5.74, 6) is 0. The molecular weight excluding hydrogens is 218 g/mol. The van der Waals surface area contributed by atoms with Crippen molar-refractivity contribution in [1.29, 1.82) is 0 Å². The fourth-order valence-electron chi connectivity index (χ4n) is 2.65. The molecule has 0 aromatic heterocycles. The Hall–Kier alpha value is -0.0400. The van der Waals surface area contributed by atoms with Crippen LogP contribution in [0.5, 0.6) is 0 Å². The third-order valence-electron chi connectivity index (χ3n) is 4.55. The molecule has 0 fully saturated rings. The lowest BCUT2D eigenvalue weighted by atomic mass is 9.79. The first-order valence-corrected chi connectivity index (χ1v) is 8.25. The predicted molar refractivity (Wildman–Crippen MR) is 84.1 cm³/mol. The number of hydrogen-bond acceptors (Lipinski definition) is 1. The summed E-state index contributed by atoms with van der Waals surface area (Å²) < 4.78 is 0. The second kappa shape index (κ2) is 10.8. The van der Waals surface area contributed by atoms with Crippen molar-refractivity contribution in [1.82, 2.24) is 5.32 Å². The van der Waals surface area contributed by atoms with Crippen LogP contribution in [0.1, 0.15) is 91.9 Å². The standard InChI is InChI=1S/C17H37N/c1-6-8-9-10-11-12-13-14-15-16(18-5)17(3,4)7-2/h16,18H,6-15H2,1-5H3. The maximum atomic E-state index is 3.51. The minimum Gasteiger partial charge on any atom is -0.316 e. The highest BCUT2D eigenvalue weighted by Crippen LogP contribution is 2.28. The molecular formula is C17H37N. The average molecular weight is 255 g/mol. The van der Waals surface area contributed by atoms with Crippen molar-refractivity contribution >= 4 is 0 Å². The molecule has 0 saturated heterocycles. The zero-order chi connectivity index (χ0) is 13.9.